The Morgan fingerprint density at radius 3 is 2.62 bits per heavy atom. The van der Waals surface area contributed by atoms with Crippen molar-refractivity contribution in [3.05, 3.63) is 28.1 Å². The summed E-state index contributed by atoms with van der Waals surface area (Å²) in [5.41, 5.74) is 1.10. The van der Waals surface area contributed by atoms with Crippen molar-refractivity contribution in [1.82, 2.24) is 25.1 Å². The summed E-state index contributed by atoms with van der Waals surface area (Å²) in [6.45, 7) is 9.08. The fourth-order valence-electron chi connectivity index (χ4n) is 2.48. The van der Waals surface area contributed by atoms with Gasteiger partial charge in [0, 0.05) is 37.9 Å². The summed E-state index contributed by atoms with van der Waals surface area (Å²) in [5.74, 6) is 1.05. The second kappa shape index (κ2) is 6.44. The van der Waals surface area contributed by atoms with Crippen molar-refractivity contribution < 1.29 is 0 Å². The number of rotatable bonds is 4. The van der Waals surface area contributed by atoms with Crippen molar-refractivity contribution in [1.29, 1.82) is 0 Å². The molecular weight excluding hydrogens is 284 g/mol. The summed E-state index contributed by atoms with van der Waals surface area (Å²) in [6, 6.07) is 2.10. The average molecular weight is 304 g/mol. The van der Waals surface area contributed by atoms with Gasteiger partial charge in [0.15, 0.2) is 0 Å². The molecule has 112 valence electrons. The first kappa shape index (κ1) is 14.3. The highest BCUT2D eigenvalue weighted by atomic mass is 32.1. The molecule has 1 aliphatic heterocycles. The van der Waals surface area contributed by atoms with Crippen LogP contribution in [0.3, 0.4) is 0 Å². The third-order valence-electron chi connectivity index (χ3n) is 3.69. The number of nitrogens with zero attached hydrogens (tertiary/aromatic N) is 6. The molecule has 0 unspecified atom stereocenters. The van der Waals surface area contributed by atoms with Crippen LogP contribution < -0.4 is 4.90 Å². The van der Waals surface area contributed by atoms with Crippen LogP contribution in [0.4, 0.5) is 5.82 Å². The minimum atomic E-state index is 0.906. The Kier molecular flexibility index (Phi) is 4.40. The van der Waals surface area contributed by atoms with Crippen molar-refractivity contribution in [2.45, 2.75) is 26.8 Å². The predicted molar refractivity (Wildman–Crippen MR) is 83.5 cm³/mol. The Morgan fingerprint density at radius 2 is 1.95 bits per heavy atom. The number of anilines is 1. The van der Waals surface area contributed by atoms with Gasteiger partial charge in [-0.05, 0) is 13.3 Å². The van der Waals surface area contributed by atoms with E-state index in [0.29, 0.717) is 0 Å². The zero-order chi connectivity index (χ0) is 14.7. The lowest BCUT2D eigenvalue weighted by Gasteiger charge is -2.34. The van der Waals surface area contributed by atoms with E-state index in [2.05, 4.69) is 43.0 Å². The van der Waals surface area contributed by atoms with Gasteiger partial charge >= 0.3 is 0 Å². The van der Waals surface area contributed by atoms with Gasteiger partial charge in [0.1, 0.15) is 22.2 Å². The highest BCUT2D eigenvalue weighted by molar-refractivity contribution is 7.11. The number of aromatic nitrogens is 4. The Hall–Kier alpha value is -1.60. The van der Waals surface area contributed by atoms with Crippen LogP contribution in [0, 0.1) is 6.92 Å². The van der Waals surface area contributed by atoms with Crippen LogP contribution in [-0.4, -0.2) is 51.2 Å². The number of hydrogen-bond donors (Lipinski definition) is 0. The third-order valence-corrected chi connectivity index (χ3v) is 4.52. The molecule has 1 fully saturated rings. The smallest absolute Gasteiger partial charge is 0.132 e. The first-order chi connectivity index (χ1) is 10.2. The lowest BCUT2D eigenvalue weighted by atomic mass is 10.2. The topological polar surface area (TPSA) is 58.0 Å². The molecule has 0 atom stereocenters. The fourth-order valence-corrected chi connectivity index (χ4v) is 3.23. The molecule has 0 amide bonds. The van der Waals surface area contributed by atoms with E-state index in [-0.39, 0.29) is 0 Å². The van der Waals surface area contributed by atoms with Gasteiger partial charge in [0.05, 0.1) is 6.54 Å². The quantitative estimate of drug-likeness (QED) is 0.853. The molecule has 0 N–H and O–H groups in total. The van der Waals surface area contributed by atoms with E-state index in [0.717, 1.165) is 60.7 Å². The second-order valence-electron chi connectivity index (χ2n) is 5.20. The highest BCUT2D eigenvalue weighted by Crippen LogP contribution is 2.16. The number of aryl methyl sites for hydroxylation is 2. The SMILES string of the molecule is CCc1cc(N2CCN(Cc3nnc(C)s3)CC2)ncn1. The molecule has 6 nitrogen and oxygen atoms in total. The Bertz CT molecular complexity index is 591. The highest BCUT2D eigenvalue weighted by Gasteiger charge is 2.19. The molecule has 3 rings (SSSR count). The third kappa shape index (κ3) is 3.54. The van der Waals surface area contributed by atoms with Crippen LogP contribution in [-0.2, 0) is 13.0 Å². The molecule has 0 bridgehead atoms. The number of piperazine rings is 1. The first-order valence-corrected chi connectivity index (χ1v) is 8.13. The van der Waals surface area contributed by atoms with Crippen LogP contribution in [0.25, 0.3) is 0 Å². The molecule has 1 saturated heterocycles. The minimum Gasteiger partial charge on any atom is -0.354 e. The average Bonchev–Trinajstić information content (AvgIpc) is 2.93. The minimum absolute atomic E-state index is 0.906. The number of hydrogen-bond acceptors (Lipinski definition) is 7. The van der Waals surface area contributed by atoms with Crippen molar-refractivity contribution >= 4 is 17.2 Å². The zero-order valence-electron chi connectivity index (χ0n) is 12.5. The molecule has 2 aromatic heterocycles. The van der Waals surface area contributed by atoms with Gasteiger partial charge in [-0.3, -0.25) is 4.90 Å². The Morgan fingerprint density at radius 1 is 1.14 bits per heavy atom. The van der Waals surface area contributed by atoms with Gasteiger partial charge in [-0.15, -0.1) is 21.5 Å². The van der Waals surface area contributed by atoms with E-state index < -0.39 is 0 Å². The van der Waals surface area contributed by atoms with Crippen molar-refractivity contribution in [3.63, 3.8) is 0 Å². The molecular formula is C14H20N6S. The van der Waals surface area contributed by atoms with Crippen molar-refractivity contribution in [2.24, 2.45) is 0 Å². The fraction of sp³-hybridized carbons (Fsp3) is 0.571. The van der Waals surface area contributed by atoms with E-state index in [4.69, 9.17) is 0 Å². The molecule has 7 heteroatoms. The van der Waals surface area contributed by atoms with Crippen LogP contribution in [0.5, 0.6) is 0 Å². The van der Waals surface area contributed by atoms with E-state index in [9.17, 15) is 0 Å². The predicted octanol–water partition coefficient (Wildman–Crippen LogP) is 1.52. The summed E-state index contributed by atoms with van der Waals surface area (Å²) in [4.78, 5) is 13.4. The van der Waals surface area contributed by atoms with Gasteiger partial charge in [-0.2, -0.15) is 0 Å². The van der Waals surface area contributed by atoms with Gasteiger partial charge in [-0.1, -0.05) is 6.92 Å². The summed E-state index contributed by atoms with van der Waals surface area (Å²) in [6.07, 6.45) is 2.62. The summed E-state index contributed by atoms with van der Waals surface area (Å²) in [5, 5.41) is 10.4. The first-order valence-electron chi connectivity index (χ1n) is 7.32. The standard InChI is InChI=1S/C14H20N6S/c1-3-12-8-13(16-10-15-12)20-6-4-19(5-7-20)9-14-18-17-11(2)21-14/h8,10H,3-7,9H2,1-2H3. The lowest BCUT2D eigenvalue weighted by molar-refractivity contribution is 0.248. The molecule has 0 aromatic carbocycles. The molecule has 1 aliphatic rings. The van der Waals surface area contributed by atoms with Crippen LogP contribution in [0.2, 0.25) is 0 Å². The molecule has 0 aliphatic carbocycles. The normalized spacial score (nSPS) is 16.4. The second-order valence-corrected chi connectivity index (χ2v) is 6.47. The van der Waals surface area contributed by atoms with Crippen molar-refractivity contribution in [2.75, 3.05) is 31.1 Å². The largest absolute Gasteiger partial charge is 0.354 e. The van der Waals surface area contributed by atoms with E-state index >= 15 is 0 Å². The van der Waals surface area contributed by atoms with Crippen LogP contribution in [0.15, 0.2) is 12.4 Å². The Labute approximate surface area is 128 Å². The van der Waals surface area contributed by atoms with Crippen LogP contribution >= 0.6 is 11.3 Å². The zero-order valence-corrected chi connectivity index (χ0v) is 13.3. The Balaban J connectivity index is 1.57. The molecule has 3 heterocycles. The molecule has 2 aromatic rings. The van der Waals surface area contributed by atoms with Gasteiger partial charge in [-0.25, -0.2) is 9.97 Å². The maximum absolute atomic E-state index is 4.40. The van der Waals surface area contributed by atoms with E-state index in [1.54, 1.807) is 17.7 Å². The van der Waals surface area contributed by atoms with Gasteiger partial charge in [0.25, 0.3) is 0 Å². The molecule has 0 spiro atoms. The molecule has 0 saturated carbocycles. The van der Waals surface area contributed by atoms with E-state index in [1.165, 1.54) is 0 Å². The maximum Gasteiger partial charge on any atom is 0.132 e. The molecule has 21 heavy (non-hydrogen) atoms. The van der Waals surface area contributed by atoms with Crippen LogP contribution in [0.1, 0.15) is 22.6 Å². The monoisotopic (exact) mass is 304 g/mol. The maximum atomic E-state index is 4.40. The summed E-state index contributed by atoms with van der Waals surface area (Å²) >= 11 is 1.69. The van der Waals surface area contributed by atoms with Gasteiger partial charge in [0.2, 0.25) is 0 Å². The van der Waals surface area contributed by atoms with E-state index in [1.807, 2.05) is 6.92 Å². The van der Waals surface area contributed by atoms with Crippen molar-refractivity contribution in [3.8, 4) is 0 Å². The summed E-state index contributed by atoms with van der Waals surface area (Å²) < 4.78 is 0. The lowest BCUT2D eigenvalue weighted by Crippen LogP contribution is -2.46. The molecule has 0 radical (unpaired) electrons. The summed E-state index contributed by atoms with van der Waals surface area (Å²) in [7, 11) is 0. The van der Waals surface area contributed by atoms with Gasteiger partial charge < -0.3 is 4.90 Å².